The molecule has 1 atom stereocenters. The van der Waals surface area contributed by atoms with Gasteiger partial charge in [-0.2, -0.15) is 0 Å². The third-order valence-corrected chi connectivity index (χ3v) is 3.38. The second kappa shape index (κ2) is 7.25. The predicted octanol–water partition coefficient (Wildman–Crippen LogP) is 0.723. The first-order valence-electron chi connectivity index (χ1n) is 6.81. The summed E-state index contributed by atoms with van der Waals surface area (Å²) in [7, 11) is 3.69. The highest BCUT2D eigenvalue weighted by Gasteiger charge is 2.25. The predicted molar refractivity (Wildman–Crippen MR) is 76.7 cm³/mol. The van der Waals surface area contributed by atoms with Gasteiger partial charge in [0, 0.05) is 38.9 Å². The monoisotopic (exact) mass is 265 g/mol. The average molecular weight is 265 g/mol. The summed E-state index contributed by atoms with van der Waals surface area (Å²) in [6.45, 7) is 3.50. The fraction of sp³-hybridized carbons (Fsp3) is 0.692. The Morgan fingerprint density at radius 2 is 2.37 bits per heavy atom. The summed E-state index contributed by atoms with van der Waals surface area (Å²) >= 11 is 0. The Morgan fingerprint density at radius 3 is 3.16 bits per heavy atom. The normalized spacial score (nSPS) is 18.8. The van der Waals surface area contributed by atoms with Crippen LogP contribution in [0.3, 0.4) is 0 Å². The van der Waals surface area contributed by atoms with Crippen LogP contribution in [-0.2, 0) is 4.74 Å². The van der Waals surface area contributed by atoms with Gasteiger partial charge in [0.1, 0.15) is 18.0 Å². The van der Waals surface area contributed by atoms with Gasteiger partial charge in [-0.25, -0.2) is 9.97 Å². The molecule has 0 amide bonds. The summed E-state index contributed by atoms with van der Waals surface area (Å²) < 4.78 is 5.02. The van der Waals surface area contributed by atoms with Gasteiger partial charge in [0.2, 0.25) is 0 Å². The number of aromatic nitrogens is 2. The summed E-state index contributed by atoms with van der Waals surface area (Å²) in [6.07, 6.45) is 4.07. The van der Waals surface area contributed by atoms with E-state index in [-0.39, 0.29) is 0 Å². The van der Waals surface area contributed by atoms with Crippen molar-refractivity contribution >= 4 is 11.6 Å². The molecule has 1 saturated heterocycles. The Labute approximate surface area is 114 Å². The van der Waals surface area contributed by atoms with Crippen LogP contribution in [0, 0.1) is 0 Å². The quantitative estimate of drug-likeness (QED) is 0.709. The zero-order valence-electron chi connectivity index (χ0n) is 11.7. The first-order valence-corrected chi connectivity index (χ1v) is 6.81. The molecule has 1 aliphatic rings. The van der Waals surface area contributed by atoms with Crippen molar-refractivity contribution in [2.24, 2.45) is 0 Å². The molecule has 1 aromatic rings. The van der Waals surface area contributed by atoms with E-state index < -0.39 is 0 Å². The van der Waals surface area contributed by atoms with E-state index in [0.717, 1.165) is 31.3 Å². The highest BCUT2D eigenvalue weighted by atomic mass is 16.5. The van der Waals surface area contributed by atoms with E-state index in [1.54, 1.807) is 13.4 Å². The summed E-state index contributed by atoms with van der Waals surface area (Å²) in [5, 5.41) is 6.49. The Hall–Kier alpha value is -1.40. The smallest absolute Gasteiger partial charge is 0.134 e. The van der Waals surface area contributed by atoms with Crippen molar-refractivity contribution in [3.8, 4) is 0 Å². The summed E-state index contributed by atoms with van der Waals surface area (Å²) in [4.78, 5) is 11.0. The molecule has 6 heteroatoms. The molecule has 2 N–H and O–H groups in total. The number of nitrogens with zero attached hydrogens (tertiary/aromatic N) is 3. The lowest BCUT2D eigenvalue weighted by Crippen LogP contribution is -2.37. The molecule has 0 bridgehead atoms. The van der Waals surface area contributed by atoms with Crippen LogP contribution < -0.4 is 15.5 Å². The van der Waals surface area contributed by atoms with Crippen molar-refractivity contribution in [1.29, 1.82) is 0 Å². The molecule has 1 unspecified atom stereocenters. The Balaban J connectivity index is 2.01. The highest BCUT2D eigenvalue weighted by Crippen LogP contribution is 2.24. The lowest BCUT2D eigenvalue weighted by Gasteiger charge is -2.25. The topological polar surface area (TPSA) is 62.3 Å². The number of hydrogen-bond donors (Lipinski definition) is 2. The van der Waals surface area contributed by atoms with Crippen LogP contribution in [0.25, 0.3) is 0 Å². The maximum absolute atomic E-state index is 5.02. The molecule has 1 aliphatic heterocycles. The number of anilines is 2. The van der Waals surface area contributed by atoms with Gasteiger partial charge in [0.15, 0.2) is 0 Å². The SMILES string of the molecule is CNCC1CCCN1c1cc(NCCOC)ncn1. The van der Waals surface area contributed by atoms with Crippen LogP contribution in [0.2, 0.25) is 0 Å². The molecular weight excluding hydrogens is 242 g/mol. The standard InChI is InChI=1S/C13H23N5O/c1-14-9-11-4-3-6-18(11)13-8-12(16-10-17-13)15-5-7-19-2/h8,10-11,14H,3-7,9H2,1-2H3,(H,15,16,17). The van der Waals surface area contributed by atoms with Crippen LogP contribution in [0.15, 0.2) is 12.4 Å². The van der Waals surface area contributed by atoms with Gasteiger partial charge in [-0.1, -0.05) is 0 Å². The molecule has 0 spiro atoms. The van der Waals surface area contributed by atoms with Gasteiger partial charge in [0.05, 0.1) is 6.61 Å². The maximum Gasteiger partial charge on any atom is 0.134 e. The van der Waals surface area contributed by atoms with E-state index >= 15 is 0 Å². The second-order valence-corrected chi connectivity index (χ2v) is 4.73. The molecule has 0 aliphatic carbocycles. The van der Waals surface area contributed by atoms with Crippen molar-refractivity contribution in [3.63, 3.8) is 0 Å². The van der Waals surface area contributed by atoms with Crippen LogP contribution in [-0.4, -0.2) is 56.4 Å². The lowest BCUT2D eigenvalue weighted by molar-refractivity contribution is 0.210. The molecule has 0 aromatic carbocycles. The van der Waals surface area contributed by atoms with E-state index in [9.17, 15) is 0 Å². The number of ether oxygens (including phenoxy) is 1. The molecule has 106 valence electrons. The Kier molecular flexibility index (Phi) is 5.35. The Morgan fingerprint density at radius 1 is 1.47 bits per heavy atom. The van der Waals surface area contributed by atoms with Gasteiger partial charge in [0.25, 0.3) is 0 Å². The van der Waals surface area contributed by atoms with Crippen LogP contribution in [0.4, 0.5) is 11.6 Å². The molecular formula is C13H23N5O. The number of hydrogen-bond acceptors (Lipinski definition) is 6. The van der Waals surface area contributed by atoms with E-state index in [0.29, 0.717) is 12.6 Å². The fourth-order valence-electron chi connectivity index (χ4n) is 2.47. The van der Waals surface area contributed by atoms with Crippen molar-refractivity contribution in [3.05, 3.63) is 12.4 Å². The van der Waals surface area contributed by atoms with Crippen molar-refractivity contribution in [2.45, 2.75) is 18.9 Å². The van der Waals surface area contributed by atoms with Crippen LogP contribution in [0.5, 0.6) is 0 Å². The largest absolute Gasteiger partial charge is 0.383 e. The summed E-state index contributed by atoms with van der Waals surface area (Å²) in [5.74, 6) is 1.87. The zero-order chi connectivity index (χ0) is 13.5. The van der Waals surface area contributed by atoms with E-state index in [2.05, 4.69) is 25.5 Å². The number of rotatable bonds is 7. The molecule has 2 heterocycles. The van der Waals surface area contributed by atoms with E-state index in [4.69, 9.17) is 4.74 Å². The van der Waals surface area contributed by atoms with Gasteiger partial charge < -0.3 is 20.3 Å². The van der Waals surface area contributed by atoms with Crippen molar-refractivity contribution < 1.29 is 4.74 Å². The van der Waals surface area contributed by atoms with E-state index in [1.807, 2.05) is 13.1 Å². The summed E-state index contributed by atoms with van der Waals surface area (Å²) in [5.41, 5.74) is 0. The first kappa shape index (κ1) is 14.0. The minimum Gasteiger partial charge on any atom is -0.383 e. The summed E-state index contributed by atoms with van der Waals surface area (Å²) in [6, 6.07) is 2.55. The first-order chi connectivity index (χ1) is 9.35. The molecule has 1 aromatic heterocycles. The Bertz CT molecular complexity index is 387. The highest BCUT2D eigenvalue weighted by molar-refractivity contribution is 5.49. The average Bonchev–Trinajstić information content (AvgIpc) is 2.88. The molecule has 19 heavy (non-hydrogen) atoms. The van der Waals surface area contributed by atoms with Crippen LogP contribution >= 0.6 is 0 Å². The molecule has 6 nitrogen and oxygen atoms in total. The third kappa shape index (κ3) is 3.78. The van der Waals surface area contributed by atoms with Crippen molar-refractivity contribution in [2.75, 3.05) is 50.6 Å². The molecule has 0 radical (unpaired) electrons. The number of methoxy groups -OCH3 is 1. The second-order valence-electron chi connectivity index (χ2n) is 4.73. The maximum atomic E-state index is 5.02. The molecule has 0 saturated carbocycles. The van der Waals surface area contributed by atoms with Gasteiger partial charge in [-0.3, -0.25) is 0 Å². The fourth-order valence-corrected chi connectivity index (χ4v) is 2.47. The van der Waals surface area contributed by atoms with Gasteiger partial charge in [-0.15, -0.1) is 0 Å². The third-order valence-electron chi connectivity index (χ3n) is 3.38. The number of likely N-dealkylation sites (N-methyl/N-ethyl adjacent to an activating group) is 1. The minimum atomic E-state index is 0.534. The van der Waals surface area contributed by atoms with Gasteiger partial charge >= 0.3 is 0 Å². The molecule has 1 fully saturated rings. The van der Waals surface area contributed by atoms with Crippen molar-refractivity contribution in [1.82, 2.24) is 15.3 Å². The zero-order valence-corrected chi connectivity index (χ0v) is 11.7. The minimum absolute atomic E-state index is 0.534. The van der Waals surface area contributed by atoms with E-state index in [1.165, 1.54) is 12.8 Å². The molecule has 2 rings (SSSR count). The van der Waals surface area contributed by atoms with Crippen LogP contribution in [0.1, 0.15) is 12.8 Å². The lowest BCUT2D eigenvalue weighted by atomic mass is 10.2. The van der Waals surface area contributed by atoms with Gasteiger partial charge in [-0.05, 0) is 19.9 Å². The number of nitrogens with one attached hydrogen (secondary N) is 2.